The molecule has 0 saturated carbocycles. The second-order valence-electron chi connectivity index (χ2n) is 6.27. The van der Waals surface area contributed by atoms with Crippen LogP contribution in [0.4, 0.5) is 0 Å². The molecule has 24 heavy (non-hydrogen) atoms. The number of nitrogens with zero attached hydrogens (tertiary/aromatic N) is 3. The fourth-order valence-corrected chi connectivity index (χ4v) is 3.28. The van der Waals surface area contributed by atoms with E-state index in [0.29, 0.717) is 31.7 Å². The number of carbonyl (C=O) groups excluding carboxylic acids is 2. The molecule has 128 valence electrons. The number of hydrogen-bond donors (Lipinski definition) is 1. The van der Waals surface area contributed by atoms with Crippen molar-refractivity contribution in [2.75, 3.05) is 26.2 Å². The van der Waals surface area contributed by atoms with Crippen LogP contribution in [-0.4, -0.2) is 57.8 Å². The summed E-state index contributed by atoms with van der Waals surface area (Å²) in [5.74, 6) is 0.349. The van der Waals surface area contributed by atoms with Crippen molar-refractivity contribution in [1.82, 2.24) is 19.8 Å². The zero-order valence-corrected chi connectivity index (χ0v) is 14.3. The van der Waals surface area contributed by atoms with Crippen LogP contribution >= 0.6 is 0 Å². The molecule has 1 fully saturated rings. The molecule has 1 N–H and O–H groups in total. The number of aromatic amines is 1. The van der Waals surface area contributed by atoms with Gasteiger partial charge in [-0.05, 0) is 31.0 Å². The van der Waals surface area contributed by atoms with Gasteiger partial charge in [-0.2, -0.15) is 0 Å². The van der Waals surface area contributed by atoms with E-state index in [0.717, 1.165) is 23.9 Å². The molecule has 2 amide bonds. The average molecular weight is 328 g/mol. The summed E-state index contributed by atoms with van der Waals surface area (Å²) in [4.78, 5) is 36.0. The van der Waals surface area contributed by atoms with E-state index in [-0.39, 0.29) is 17.7 Å². The van der Waals surface area contributed by atoms with E-state index in [2.05, 4.69) is 23.8 Å². The molecule has 0 atom stereocenters. The van der Waals surface area contributed by atoms with E-state index in [1.807, 2.05) is 28.0 Å². The van der Waals surface area contributed by atoms with Crippen molar-refractivity contribution in [3.05, 3.63) is 30.1 Å². The molecule has 0 bridgehead atoms. The molecule has 6 nitrogen and oxygen atoms in total. The van der Waals surface area contributed by atoms with Crippen molar-refractivity contribution < 1.29 is 9.59 Å². The van der Waals surface area contributed by atoms with Gasteiger partial charge in [0.1, 0.15) is 0 Å². The first kappa shape index (κ1) is 16.5. The summed E-state index contributed by atoms with van der Waals surface area (Å²) in [6.07, 6.45) is 3.37. The van der Waals surface area contributed by atoms with Gasteiger partial charge in [-0.3, -0.25) is 9.59 Å². The topological polar surface area (TPSA) is 69.3 Å². The Labute approximate surface area is 141 Å². The fourth-order valence-electron chi connectivity index (χ4n) is 3.28. The SMILES string of the molecule is CCC(CC)C(=O)N1CCN(C(=O)c2ccc3nc[nH]c3c2)CC1. The fraction of sp³-hybridized carbons (Fsp3) is 0.500. The van der Waals surface area contributed by atoms with E-state index < -0.39 is 0 Å². The zero-order chi connectivity index (χ0) is 17.1. The first-order valence-electron chi connectivity index (χ1n) is 8.65. The van der Waals surface area contributed by atoms with Crippen LogP contribution in [-0.2, 0) is 4.79 Å². The summed E-state index contributed by atoms with van der Waals surface area (Å²) in [5, 5.41) is 0. The Morgan fingerprint density at radius 1 is 1.12 bits per heavy atom. The van der Waals surface area contributed by atoms with Gasteiger partial charge in [-0.1, -0.05) is 13.8 Å². The Hall–Kier alpha value is -2.37. The molecule has 0 unspecified atom stereocenters. The third kappa shape index (κ3) is 3.13. The Balaban J connectivity index is 1.63. The van der Waals surface area contributed by atoms with Crippen molar-refractivity contribution in [3.8, 4) is 0 Å². The second kappa shape index (κ2) is 7.03. The lowest BCUT2D eigenvalue weighted by Gasteiger charge is -2.36. The summed E-state index contributed by atoms with van der Waals surface area (Å²) in [6.45, 7) is 6.52. The molecule has 1 aromatic heterocycles. The van der Waals surface area contributed by atoms with Gasteiger partial charge < -0.3 is 14.8 Å². The number of rotatable bonds is 4. The maximum Gasteiger partial charge on any atom is 0.254 e. The standard InChI is InChI=1S/C18H24N4O2/c1-3-13(4-2)17(23)21-7-9-22(10-8-21)18(24)14-5-6-15-16(11-14)20-12-19-15/h5-6,11-13H,3-4,7-10H2,1-2H3,(H,19,20). The molecule has 1 saturated heterocycles. The highest BCUT2D eigenvalue weighted by Crippen LogP contribution is 2.17. The molecule has 2 aromatic rings. The first-order valence-corrected chi connectivity index (χ1v) is 8.65. The van der Waals surface area contributed by atoms with Crippen molar-refractivity contribution in [3.63, 3.8) is 0 Å². The van der Waals surface area contributed by atoms with Crippen LogP contribution < -0.4 is 0 Å². The van der Waals surface area contributed by atoms with Crippen LogP contribution in [0.3, 0.4) is 0 Å². The van der Waals surface area contributed by atoms with E-state index in [9.17, 15) is 9.59 Å². The van der Waals surface area contributed by atoms with Crippen LogP contribution in [0.2, 0.25) is 0 Å². The summed E-state index contributed by atoms with van der Waals surface area (Å²) in [5.41, 5.74) is 2.38. The van der Waals surface area contributed by atoms with Crippen LogP contribution in [0.25, 0.3) is 11.0 Å². The number of carbonyl (C=O) groups is 2. The number of benzene rings is 1. The van der Waals surface area contributed by atoms with E-state index in [1.54, 1.807) is 6.33 Å². The summed E-state index contributed by atoms with van der Waals surface area (Å²) >= 11 is 0. The Morgan fingerprint density at radius 2 is 1.79 bits per heavy atom. The maximum absolute atomic E-state index is 12.7. The summed E-state index contributed by atoms with van der Waals surface area (Å²) < 4.78 is 0. The van der Waals surface area contributed by atoms with Gasteiger partial charge in [-0.15, -0.1) is 0 Å². The zero-order valence-electron chi connectivity index (χ0n) is 14.3. The van der Waals surface area contributed by atoms with Crippen LogP contribution in [0, 0.1) is 5.92 Å². The van der Waals surface area contributed by atoms with E-state index in [4.69, 9.17) is 0 Å². The smallest absolute Gasteiger partial charge is 0.254 e. The quantitative estimate of drug-likeness (QED) is 0.936. The van der Waals surface area contributed by atoms with Gasteiger partial charge in [0.05, 0.1) is 17.4 Å². The Bertz CT molecular complexity index is 727. The minimum atomic E-state index is 0.0149. The molecule has 1 aliphatic rings. The van der Waals surface area contributed by atoms with Gasteiger partial charge >= 0.3 is 0 Å². The molecule has 3 rings (SSSR count). The van der Waals surface area contributed by atoms with Crippen LogP contribution in [0.15, 0.2) is 24.5 Å². The maximum atomic E-state index is 12.7. The lowest BCUT2D eigenvalue weighted by Crippen LogP contribution is -2.51. The van der Waals surface area contributed by atoms with Crippen LogP contribution in [0.5, 0.6) is 0 Å². The summed E-state index contributed by atoms with van der Waals surface area (Å²) in [6, 6.07) is 5.51. The number of hydrogen-bond acceptors (Lipinski definition) is 3. The lowest BCUT2D eigenvalue weighted by atomic mass is 10.0. The molecular formula is C18H24N4O2. The normalized spacial score (nSPS) is 15.3. The first-order chi connectivity index (χ1) is 11.6. The highest BCUT2D eigenvalue weighted by atomic mass is 16.2. The molecule has 0 spiro atoms. The highest BCUT2D eigenvalue weighted by molar-refractivity contribution is 5.97. The lowest BCUT2D eigenvalue weighted by molar-refractivity contribution is -0.137. The predicted molar refractivity (Wildman–Crippen MR) is 92.6 cm³/mol. The van der Waals surface area contributed by atoms with Gasteiger partial charge in [0, 0.05) is 37.7 Å². The Kier molecular flexibility index (Phi) is 4.83. The highest BCUT2D eigenvalue weighted by Gasteiger charge is 2.27. The van der Waals surface area contributed by atoms with Gasteiger partial charge in [-0.25, -0.2) is 4.98 Å². The molecule has 1 aliphatic heterocycles. The number of imidazole rings is 1. The minimum Gasteiger partial charge on any atom is -0.345 e. The average Bonchev–Trinajstić information content (AvgIpc) is 3.10. The van der Waals surface area contributed by atoms with Crippen molar-refractivity contribution >= 4 is 22.8 Å². The third-order valence-corrected chi connectivity index (χ3v) is 4.88. The predicted octanol–water partition coefficient (Wildman–Crippen LogP) is 2.28. The largest absolute Gasteiger partial charge is 0.345 e. The number of nitrogens with one attached hydrogen (secondary N) is 1. The van der Waals surface area contributed by atoms with Gasteiger partial charge in [0.15, 0.2) is 0 Å². The molecular weight excluding hydrogens is 304 g/mol. The van der Waals surface area contributed by atoms with Gasteiger partial charge in [0.2, 0.25) is 5.91 Å². The van der Waals surface area contributed by atoms with Crippen LogP contribution in [0.1, 0.15) is 37.0 Å². The number of fused-ring (bicyclic) bond motifs is 1. The molecule has 0 aliphatic carbocycles. The van der Waals surface area contributed by atoms with Crippen molar-refractivity contribution in [2.24, 2.45) is 5.92 Å². The molecule has 1 aromatic carbocycles. The number of piperazine rings is 1. The minimum absolute atomic E-state index is 0.0149. The number of H-pyrrole nitrogens is 1. The van der Waals surface area contributed by atoms with Gasteiger partial charge in [0.25, 0.3) is 5.91 Å². The van der Waals surface area contributed by atoms with Crippen molar-refractivity contribution in [2.45, 2.75) is 26.7 Å². The van der Waals surface area contributed by atoms with Crippen molar-refractivity contribution in [1.29, 1.82) is 0 Å². The molecule has 2 heterocycles. The molecule has 6 heteroatoms. The van der Waals surface area contributed by atoms with E-state index >= 15 is 0 Å². The summed E-state index contributed by atoms with van der Waals surface area (Å²) in [7, 11) is 0. The monoisotopic (exact) mass is 328 g/mol. The van der Waals surface area contributed by atoms with E-state index in [1.165, 1.54) is 0 Å². The molecule has 0 radical (unpaired) electrons. The number of aromatic nitrogens is 2. The number of amides is 2. The Morgan fingerprint density at radius 3 is 2.46 bits per heavy atom. The second-order valence-corrected chi connectivity index (χ2v) is 6.27. The third-order valence-electron chi connectivity index (χ3n) is 4.88.